The molecule has 0 spiro atoms. The van der Waals surface area contributed by atoms with Gasteiger partial charge in [-0.15, -0.1) is 0 Å². The Morgan fingerprint density at radius 2 is 2.09 bits per heavy atom. The SMILES string of the molecule is Cc1nsc(N)c1C(=O)O[C@H](C)C(=O)N[C@@H]1CCC[C@@H](C)[C@H]1C. The lowest BCUT2D eigenvalue weighted by atomic mass is 9.78. The lowest BCUT2D eigenvalue weighted by Crippen LogP contribution is -2.47. The number of hydrogen-bond donors (Lipinski definition) is 2. The summed E-state index contributed by atoms with van der Waals surface area (Å²) in [5.41, 5.74) is 6.52. The topological polar surface area (TPSA) is 94.3 Å². The van der Waals surface area contributed by atoms with Gasteiger partial charge in [-0.05, 0) is 43.6 Å². The number of anilines is 1. The Morgan fingerprint density at radius 3 is 2.70 bits per heavy atom. The van der Waals surface area contributed by atoms with Crippen LogP contribution in [0.2, 0.25) is 0 Å². The van der Waals surface area contributed by atoms with E-state index in [1.54, 1.807) is 13.8 Å². The summed E-state index contributed by atoms with van der Waals surface area (Å²) in [7, 11) is 0. The zero-order valence-electron chi connectivity index (χ0n) is 14.1. The summed E-state index contributed by atoms with van der Waals surface area (Å²) in [5, 5.41) is 3.33. The zero-order chi connectivity index (χ0) is 17.1. The van der Waals surface area contributed by atoms with Crippen LogP contribution in [0.4, 0.5) is 5.00 Å². The summed E-state index contributed by atoms with van der Waals surface area (Å²) >= 11 is 1.05. The fraction of sp³-hybridized carbons (Fsp3) is 0.688. The quantitative estimate of drug-likeness (QED) is 0.822. The van der Waals surface area contributed by atoms with Crippen LogP contribution in [-0.2, 0) is 9.53 Å². The number of nitrogens with one attached hydrogen (secondary N) is 1. The van der Waals surface area contributed by atoms with Crippen molar-refractivity contribution >= 4 is 28.4 Å². The van der Waals surface area contributed by atoms with E-state index in [4.69, 9.17) is 10.5 Å². The van der Waals surface area contributed by atoms with Gasteiger partial charge in [-0.3, -0.25) is 4.79 Å². The number of esters is 1. The van der Waals surface area contributed by atoms with Crippen molar-refractivity contribution in [3.63, 3.8) is 0 Å². The van der Waals surface area contributed by atoms with E-state index in [9.17, 15) is 9.59 Å². The predicted molar refractivity (Wildman–Crippen MR) is 90.3 cm³/mol. The number of nitrogens with zero attached hydrogens (tertiary/aromatic N) is 1. The second-order valence-electron chi connectivity index (χ2n) is 6.44. The average Bonchev–Trinajstić information content (AvgIpc) is 2.82. The van der Waals surface area contributed by atoms with Gasteiger partial charge in [-0.2, -0.15) is 4.37 Å². The molecule has 0 radical (unpaired) electrons. The summed E-state index contributed by atoms with van der Waals surface area (Å²) in [6.07, 6.45) is 2.42. The van der Waals surface area contributed by atoms with Crippen molar-refractivity contribution in [2.24, 2.45) is 11.8 Å². The number of nitrogen functional groups attached to an aromatic ring is 1. The molecule has 0 aliphatic heterocycles. The molecule has 0 saturated heterocycles. The highest BCUT2D eigenvalue weighted by Gasteiger charge is 2.30. The molecule has 3 N–H and O–H groups in total. The van der Waals surface area contributed by atoms with Crippen molar-refractivity contribution in [2.75, 3.05) is 5.73 Å². The third-order valence-electron chi connectivity index (χ3n) is 4.78. The molecule has 0 bridgehead atoms. The van der Waals surface area contributed by atoms with Gasteiger partial charge in [0.15, 0.2) is 6.10 Å². The molecule has 2 rings (SSSR count). The molecule has 1 aromatic heterocycles. The smallest absolute Gasteiger partial charge is 0.343 e. The van der Waals surface area contributed by atoms with Crippen LogP contribution < -0.4 is 11.1 Å². The molecular weight excluding hydrogens is 314 g/mol. The minimum atomic E-state index is -0.856. The molecular formula is C16H25N3O3S. The fourth-order valence-electron chi connectivity index (χ4n) is 2.99. The molecule has 0 aromatic carbocycles. The molecule has 1 fully saturated rings. The highest BCUT2D eigenvalue weighted by Crippen LogP contribution is 2.29. The third-order valence-corrected chi connectivity index (χ3v) is 5.55. The highest BCUT2D eigenvalue weighted by molar-refractivity contribution is 7.10. The Hall–Kier alpha value is -1.63. The molecule has 1 aliphatic rings. The van der Waals surface area contributed by atoms with E-state index in [-0.39, 0.29) is 17.5 Å². The van der Waals surface area contributed by atoms with Gasteiger partial charge < -0.3 is 15.8 Å². The molecule has 4 atom stereocenters. The van der Waals surface area contributed by atoms with Gasteiger partial charge in [0.25, 0.3) is 5.91 Å². The van der Waals surface area contributed by atoms with E-state index in [0.717, 1.165) is 24.4 Å². The van der Waals surface area contributed by atoms with Gasteiger partial charge >= 0.3 is 5.97 Å². The summed E-state index contributed by atoms with van der Waals surface area (Å²) in [6.45, 7) is 7.64. The first-order chi connectivity index (χ1) is 10.8. The van der Waals surface area contributed by atoms with Gasteiger partial charge in [-0.25, -0.2) is 4.79 Å². The highest BCUT2D eigenvalue weighted by atomic mass is 32.1. The van der Waals surface area contributed by atoms with E-state index in [1.165, 1.54) is 6.42 Å². The van der Waals surface area contributed by atoms with Crippen molar-refractivity contribution in [1.29, 1.82) is 0 Å². The first-order valence-electron chi connectivity index (χ1n) is 8.04. The Morgan fingerprint density at radius 1 is 1.39 bits per heavy atom. The largest absolute Gasteiger partial charge is 0.449 e. The Balaban J connectivity index is 1.94. The number of amides is 1. The maximum Gasteiger partial charge on any atom is 0.343 e. The van der Waals surface area contributed by atoms with Crippen molar-refractivity contribution in [3.05, 3.63) is 11.3 Å². The lowest BCUT2D eigenvalue weighted by Gasteiger charge is -2.35. The van der Waals surface area contributed by atoms with Crippen LogP contribution in [0.5, 0.6) is 0 Å². The van der Waals surface area contributed by atoms with Crippen molar-refractivity contribution in [1.82, 2.24) is 9.69 Å². The number of carbonyl (C=O) groups excluding carboxylic acids is 2. The zero-order valence-corrected chi connectivity index (χ0v) is 14.9. The molecule has 23 heavy (non-hydrogen) atoms. The van der Waals surface area contributed by atoms with Crippen LogP contribution in [0, 0.1) is 18.8 Å². The van der Waals surface area contributed by atoms with Crippen LogP contribution in [0.1, 0.15) is 56.1 Å². The summed E-state index contributed by atoms with van der Waals surface area (Å²) < 4.78 is 9.27. The molecule has 7 heteroatoms. The van der Waals surface area contributed by atoms with Gasteiger partial charge in [0.2, 0.25) is 0 Å². The summed E-state index contributed by atoms with van der Waals surface area (Å²) in [4.78, 5) is 24.5. The second-order valence-corrected chi connectivity index (χ2v) is 7.24. The third kappa shape index (κ3) is 4.02. The van der Waals surface area contributed by atoms with Crippen molar-refractivity contribution < 1.29 is 14.3 Å². The van der Waals surface area contributed by atoms with Crippen LogP contribution in [0.25, 0.3) is 0 Å². The van der Waals surface area contributed by atoms with Gasteiger partial charge in [-0.1, -0.05) is 26.7 Å². The second kappa shape index (κ2) is 7.29. The Kier molecular flexibility index (Phi) is 5.62. The van der Waals surface area contributed by atoms with Gasteiger partial charge in [0, 0.05) is 6.04 Å². The average molecular weight is 339 g/mol. The molecule has 1 aromatic rings. The maximum absolute atomic E-state index is 12.3. The first-order valence-corrected chi connectivity index (χ1v) is 8.81. The molecule has 128 valence electrons. The van der Waals surface area contributed by atoms with E-state index in [0.29, 0.717) is 22.5 Å². The number of aryl methyl sites for hydroxylation is 1. The van der Waals surface area contributed by atoms with E-state index >= 15 is 0 Å². The number of hydrogen-bond acceptors (Lipinski definition) is 6. The predicted octanol–water partition coefficient (Wildman–Crippen LogP) is 2.52. The molecule has 1 aliphatic carbocycles. The lowest BCUT2D eigenvalue weighted by molar-refractivity contribution is -0.130. The van der Waals surface area contributed by atoms with Gasteiger partial charge in [0.1, 0.15) is 10.6 Å². The number of ether oxygens (including phenoxy) is 1. The summed E-state index contributed by atoms with van der Waals surface area (Å²) in [5.74, 6) is 0.158. The molecule has 1 amide bonds. The van der Waals surface area contributed by atoms with Crippen LogP contribution in [0.3, 0.4) is 0 Å². The van der Waals surface area contributed by atoms with E-state index in [2.05, 4.69) is 23.5 Å². The van der Waals surface area contributed by atoms with Crippen LogP contribution >= 0.6 is 11.5 Å². The standard InChI is InChI=1S/C16H25N3O3S/c1-8-6-5-7-12(9(8)2)18-15(20)11(4)22-16(21)13-10(3)19-23-14(13)17/h8-9,11-12H,5-7,17H2,1-4H3,(H,18,20)/t8-,9-,11-,12-/m1/s1. The molecule has 1 saturated carbocycles. The maximum atomic E-state index is 12.3. The normalized spacial score (nSPS) is 25.7. The van der Waals surface area contributed by atoms with Crippen molar-refractivity contribution in [3.8, 4) is 0 Å². The molecule has 1 heterocycles. The van der Waals surface area contributed by atoms with Crippen LogP contribution in [-0.4, -0.2) is 28.4 Å². The van der Waals surface area contributed by atoms with Crippen LogP contribution in [0.15, 0.2) is 0 Å². The monoisotopic (exact) mass is 339 g/mol. The minimum Gasteiger partial charge on any atom is -0.449 e. The first kappa shape index (κ1) is 17.7. The number of carbonyl (C=O) groups is 2. The number of aromatic nitrogens is 1. The number of rotatable bonds is 4. The molecule has 0 unspecified atom stereocenters. The summed E-state index contributed by atoms with van der Waals surface area (Å²) in [6, 6.07) is 0.141. The van der Waals surface area contributed by atoms with Gasteiger partial charge in [0.05, 0.1) is 5.69 Å². The van der Waals surface area contributed by atoms with E-state index < -0.39 is 12.1 Å². The molecule has 6 nitrogen and oxygen atoms in total. The minimum absolute atomic E-state index is 0.141. The Labute approximate surface area is 140 Å². The Bertz CT molecular complexity index is 568. The van der Waals surface area contributed by atoms with E-state index in [1.807, 2.05) is 0 Å². The fourth-order valence-corrected chi connectivity index (χ4v) is 3.64. The number of nitrogens with two attached hydrogens (primary N) is 1. The van der Waals surface area contributed by atoms with Crippen molar-refractivity contribution in [2.45, 2.75) is 59.1 Å².